The van der Waals surface area contributed by atoms with Gasteiger partial charge in [0.2, 0.25) is 0 Å². The van der Waals surface area contributed by atoms with Crippen LogP contribution in [0.15, 0.2) is 68.5 Å². The summed E-state index contributed by atoms with van der Waals surface area (Å²) in [4.78, 5) is 57.6. The number of aldehydes is 4. The quantitative estimate of drug-likeness (QED) is 0.0269. The molecule has 0 amide bonds. The van der Waals surface area contributed by atoms with E-state index in [1.54, 1.807) is 110 Å². The molecule has 0 saturated heterocycles. The van der Waals surface area contributed by atoms with Crippen molar-refractivity contribution in [1.82, 2.24) is 0 Å². The summed E-state index contributed by atoms with van der Waals surface area (Å²) in [7, 11) is 4.94. The molecule has 0 radical (unpaired) electrons. The summed E-state index contributed by atoms with van der Waals surface area (Å²) in [6.07, 6.45) is 20.7. The van der Waals surface area contributed by atoms with Crippen LogP contribution in [-0.2, 0) is 89.3 Å². The first-order chi connectivity index (χ1) is 61.4. The number of rotatable bonds is 58. The molecule has 0 spiro atoms. The Kier molecular flexibility index (Phi) is 191. The zero-order valence-corrected chi connectivity index (χ0v) is 95.4. The van der Waals surface area contributed by atoms with Gasteiger partial charge in [0.15, 0.2) is 12.6 Å². The van der Waals surface area contributed by atoms with Gasteiger partial charge in [-0.3, -0.25) is 29.6 Å². The Morgan fingerprint density at radius 2 is 0.445 bits per heavy atom. The van der Waals surface area contributed by atoms with Gasteiger partial charge in [0.25, 0.3) is 0 Å². The fourth-order valence-corrected chi connectivity index (χ4v) is 21.2. The maximum Gasteiger partial charge on any atom is 0.500 e. The lowest BCUT2D eigenvalue weighted by atomic mass is 10.1. The van der Waals surface area contributed by atoms with Crippen molar-refractivity contribution in [3.05, 3.63) is 70.8 Å². The highest BCUT2D eigenvalue weighted by atomic mass is 28.4. The topological polar surface area (TPSA) is 336 Å². The molecule has 2 aromatic carbocycles. The molecule has 4 N–H and O–H groups in total. The second-order valence-electron chi connectivity index (χ2n) is 21.3. The normalized spacial score (nSPS) is 10.2. The van der Waals surface area contributed by atoms with Crippen molar-refractivity contribution in [3.8, 4) is 0 Å². The number of aliphatic imine (C=N–C) groups is 4. The van der Waals surface area contributed by atoms with E-state index >= 15 is 0 Å². The molecular formula is C94H214N6O22Si6. The van der Waals surface area contributed by atoms with E-state index in [1.165, 1.54) is 0 Å². The average Bonchev–Trinajstić information content (AvgIpc) is 0.905. The van der Waals surface area contributed by atoms with E-state index in [1.807, 2.05) is 257 Å². The zero-order chi connectivity index (χ0) is 101. The van der Waals surface area contributed by atoms with Crippen LogP contribution in [0.4, 0.5) is 0 Å². The molecule has 0 aliphatic carbocycles. The van der Waals surface area contributed by atoms with Crippen molar-refractivity contribution in [2.45, 2.75) is 336 Å². The van der Waals surface area contributed by atoms with Crippen LogP contribution in [0.2, 0.25) is 36.3 Å². The van der Waals surface area contributed by atoms with Crippen molar-refractivity contribution in [2.24, 2.45) is 31.4 Å². The first-order valence-electron chi connectivity index (χ1n) is 47.2. The molecule has 34 heteroatoms. The lowest BCUT2D eigenvalue weighted by Crippen LogP contribution is -2.45. The summed E-state index contributed by atoms with van der Waals surface area (Å²) in [6.45, 7) is 67.6. The van der Waals surface area contributed by atoms with Gasteiger partial charge in [-0.05, 0) is 131 Å². The number of carbonyl (C=O) groups is 4. The van der Waals surface area contributed by atoms with Crippen LogP contribution in [-0.4, -0.2) is 267 Å². The van der Waals surface area contributed by atoms with E-state index in [2.05, 4.69) is 20.0 Å². The van der Waals surface area contributed by atoms with Gasteiger partial charge in [-0.15, -0.1) is 0 Å². The summed E-state index contributed by atoms with van der Waals surface area (Å²) < 4.78 is 98.8. The first-order valence-corrected chi connectivity index (χ1v) is 58.8. The predicted octanol–water partition coefficient (Wildman–Crippen LogP) is 24.1. The van der Waals surface area contributed by atoms with Crippen molar-refractivity contribution in [3.63, 3.8) is 0 Å². The standard InChI is InChI=1S/C21H38N2O6Si2.C18H40N2O6Si2.2C8H21NO3Si.C8H6O2.C5H8O2.12C2H6.2CH4/c1-7-29-31(27-5,28-6)17-11-15-23-19-21-13-9-8-12-20(21)18-22-14-10-16-30(24-2,25-3)26-4;1-7-26-28(24-5,25-6)18-12-16-20-14-10-8-9-13-19-15-11-17-27(21-2,22-3)23-4;2*1-4-11-13(10-3,12-5-2)8-6-7-9;9-5-7-3-1-2-4-8(7)6-10;6-4-2-1-3-5-7;12*1-2;;/h8-9,12-13,18-19H,7,10-11,14-17H2,1-6H3;13-14H,7-12,15-18H2,1-6H3;2*4-9H2,1-3H3;1-6H;4-5H,1-3H2;12*1-2H3;2*1H4. The Hall–Kier alpha value is -3.70. The molecule has 0 aliphatic heterocycles. The van der Waals surface area contributed by atoms with Crippen molar-refractivity contribution >= 4 is 103 Å². The summed E-state index contributed by atoms with van der Waals surface area (Å²) in [5, 5.41) is 0. The van der Waals surface area contributed by atoms with E-state index in [9.17, 15) is 19.2 Å². The summed E-state index contributed by atoms with van der Waals surface area (Å²) in [5.74, 6) is 0. The van der Waals surface area contributed by atoms with Gasteiger partial charge in [0.05, 0.1) is 0 Å². The van der Waals surface area contributed by atoms with Gasteiger partial charge < -0.3 is 101 Å². The summed E-state index contributed by atoms with van der Waals surface area (Å²) in [6, 6.07) is 19.4. The lowest BCUT2D eigenvalue weighted by Gasteiger charge is -2.26. The molecule has 2 aromatic rings. The summed E-state index contributed by atoms with van der Waals surface area (Å²) in [5.41, 5.74) is 13.8. The number of nitrogens with two attached hydrogens (primary N) is 2. The van der Waals surface area contributed by atoms with Crippen molar-refractivity contribution in [2.75, 3.05) is 164 Å². The number of hydrogen-bond acceptors (Lipinski definition) is 28. The molecule has 0 unspecified atom stereocenters. The van der Waals surface area contributed by atoms with Gasteiger partial charge >= 0.3 is 52.8 Å². The SMILES string of the molecule is C.C.CC.CC.CC.CC.CC.CC.CC.CC.CC.CC.CC.CC.CCO[Si](CCCN)(OC)OCC.CCO[Si](CCCN)(OC)OCC.CCO[Si](CCCN=CCCCC=NCCC[Si](OC)(OC)OC)(OC)OC.CCO[Si](CCCN=Cc1ccccc1C=NCCC[Si](OC)(OC)OC)(OC)OC.O=CCCCC=O.O=Cc1ccccc1C=O. The number of hydrogen-bond donors (Lipinski definition) is 2. The highest BCUT2D eigenvalue weighted by molar-refractivity contribution is 6.62. The number of unbranched alkanes of at least 4 members (excludes halogenated alkanes) is 4. The molecule has 2 rings (SSSR count). The van der Waals surface area contributed by atoms with E-state index in [-0.39, 0.29) is 14.9 Å². The third-order valence-electron chi connectivity index (χ3n) is 14.6. The van der Waals surface area contributed by atoms with E-state index in [0.29, 0.717) is 109 Å². The van der Waals surface area contributed by atoms with Gasteiger partial charge in [-0.25, -0.2) is 0 Å². The van der Waals surface area contributed by atoms with Crippen LogP contribution >= 0.6 is 0 Å². The first kappa shape index (κ1) is 167. The Labute approximate surface area is 799 Å². The fourth-order valence-electron chi connectivity index (χ4n) is 9.13. The monoisotopic (exact) mass is 1950 g/mol. The van der Waals surface area contributed by atoms with E-state index in [4.69, 9.17) is 91.1 Å². The minimum atomic E-state index is -2.55. The molecular weight excluding hydrogens is 1730 g/mol. The third-order valence-corrected chi connectivity index (χ3v) is 32.3. The molecule has 0 bridgehead atoms. The smallest absolute Gasteiger partial charge is 0.377 e. The Balaban J connectivity index is -0.0000000707. The van der Waals surface area contributed by atoms with Crippen LogP contribution in [0.3, 0.4) is 0 Å². The summed E-state index contributed by atoms with van der Waals surface area (Å²) >= 11 is 0. The average molecular weight is 1950 g/mol. The van der Waals surface area contributed by atoms with Gasteiger partial charge in [-0.2, -0.15) is 0 Å². The number of nitrogens with zero attached hydrogens (tertiary/aromatic N) is 4. The van der Waals surface area contributed by atoms with Crippen LogP contribution < -0.4 is 11.5 Å². The van der Waals surface area contributed by atoms with E-state index in [0.717, 1.165) is 131 Å². The highest BCUT2D eigenvalue weighted by Crippen LogP contribution is 2.21. The van der Waals surface area contributed by atoms with Crippen LogP contribution in [0.1, 0.15) is 331 Å². The molecule has 0 heterocycles. The van der Waals surface area contributed by atoms with Gasteiger partial charge in [0, 0.05) is 235 Å². The van der Waals surface area contributed by atoms with Crippen LogP contribution in [0, 0.1) is 0 Å². The third kappa shape index (κ3) is 103. The molecule has 0 aromatic heterocycles. The Bertz CT molecular complexity index is 2310. The molecule has 0 atom stereocenters. The van der Waals surface area contributed by atoms with Crippen molar-refractivity contribution < 1.29 is 98.8 Å². The van der Waals surface area contributed by atoms with Gasteiger partial charge in [-0.1, -0.05) is 230 Å². The number of carbonyl (C=O) groups excluding carboxylic acids is 4. The predicted molar refractivity (Wildman–Crippen MR) is 568 cm³/mol. The molecule has 0 fully saturated rings. The van der Waals surface area contributed by atoms with E-state index < -0.39 is 52.8 Å². The molecule has 776 valence electrons. The lowest BCUT2D eigenvalue weighted by molar-refractivity contribution is -0.108. The molecule has 0 saturated carbocycles. The molecule has 0 aliphatic rings. The second-order valence-corrected chi connectivity index (χ2v) is 39.1. The minimum Gasteiger partial charge on any atom is -0.377 e. The van der Waals surface area contributed by atoms with Crippen LogP contribution in [0.5, 0.6) is 0 Å². The second kappa shape index (κ2) is 146. The van der Waals surface area contributed by atoms with Crippen molar-refractivity contribution in [1.29, 1.82) is 0 Å². The Morgan fingerprint density at radius 1 is 0.258 bits per heavy atom. The van der Waals surface area contributed by atoms with Crippen LogP contribution in [0.25, 0.3) is 0 Å². The number of benzene rings is 2. The largest absolute Gasteiger partial charge is 0.500 e. The maximum absolute atomic E-state index is 10.2. The minimum absolute atomic E-state index is 0. The Morgan fingerprint density at radius 3 is 0.641 bits per heavy atom. The zero-order valence-electron chi connectivity index (χ0n) is 89.4. The highest BCUT2D eigenvalue weighted by Gasteiger charge is 2.42. The molecule has 28 nitrogen and oxygen atoms in total. The fraction of sp³-hybridized carbons (Fsp3) is 0.787. The maximum atomic E-state index is 10.2. The van der Waals surface area contributed by atoms with Gasteiger partial charge in [0.1, 0.15) is 12.6 Å². The molecule has 128 heavy (non-hydrogen) atoms.